The molecule has 6 heteroatoms. The Labute approximate surface area is 122 Å². The molecular weight excluding hydrogens is 284 g/mol. The summed E-state index contributed by atoms with van der Waals surface area (Å²) in [6, 6.07) is 6.05. The summed E-state index contributed by atoms with van der Waals surface area (Å²) in [5.41, 5.74) is 0.980. The van der Waals surface area contributed by atoms with Gasteiger partial charge in [-0.05, 0) is 36.6 Å². The Morgan fingerprint density at radius 2 is 1.86 bits per heavy atom. The number of benzene rings is 1. The summed E-state index contributed by atoms with van der Waals surface area (Å²) >= 11 is 0. The first-order chi connectivity index (χ1) is 9.87. The number of alkyl halides is 3. The number of halogens is 4. The fraction of sp³-hybridized carbons (Fsp3) is 0.600. The SMILES string of the molecule is CCN1CC(NCC(F)(F)F)CC(c2ccc(F)cc2)C1. The highest BCUT2D eigenvalue weighted by Gasteiger charge is 2.32. The monoisotopic (exact) mass is 304 g/mol. The number of nitrogens with one attached hydrogen (secondary N) is 1. The maximum Gasteiger partial charge on any atom is 0.401 e. The molecule has 0 amide bonds. The van der Waals surface area contributed by atoms with Crippen molar-refractivity contribution in [2.75, 3.05) is 26.2 Å². The standard InChI is InChI=1S/C15H20F4N2/c1-2-21-8-12(11-3-5-13(16)6-4-11)7-14(9-21)20-10-15(17,18)19/h3-6,12,14,20H,2,7-10H2,1H3. The molecule has 0 aromatic heterocycles. The molecule has 21 heavy (non-hydrogen) atoms. The van der Waals surface area contributed by atoms with Gasteiger partial charge in [0.15, 0.2) is 0 Å². The van der Waals surface area contributed by atoms with E-state index in [9.17, 15) is 17.6 Å². The number of nitrogens with zero attached hydrogens (tertiary/aromatic N) is 1. The molecule has 0 aliphatic carbocycles. The van der Waals surface area contributed by atoms with Crippen LogP contribution in [0.2, 0.25) is 0 Å². The van der Waals surface area contributed by atoms with Crippen LogP contribution in [-0.2, 0) is 0 Å². The van der Waals surface area contributed by atoms with Crippen LogP contribution in [-0.4, -0.2) is 43.3 Å². The number of likely N-dealkylation sites (tertiary alicyclic amines) is 1. The average Bonchev–Trinajstić information content (AvgIpc) is 2.45. The van der Waals surface area contributed by atoms with Crippen molar-refractivity contribution in [1.29, 1.82) is 0 Å². The van der Waals surface area contributed by atoms with Gasteiger partial charge in [-0.1, -0.05) is 19.1 Å². The van der Waals surface area contributed by atoms with Crippen LogP contribution < -0.4 is 5.32 Å². The lowest BCUT2D eigenvalue weighted by molar-refractivity contribution is -0.127. The number of hydrogen-bond donors (Lipinski definition) is 1. The van der Waals surface area contributed by atoms with Gasteiger partial charge in [0, 0.05) is 19.1 Å². The van der Waals surface area contributed by atoms with Gasteiger partial charge in [0.2, 0.25) is 0 Å². The lowest BCUT2D eigenvalue weighted by Crippen LogP contribution is -2.50. The van der Waals surface area contributed by atoms with E-state index in [-0.39, 0.29) is 17.8 Å². The molecule has 1 aromatic carbocycles. The van der Waals surface area contributed by atoms with Crippen LogP contribution in [0.1, 0.15) is 24.8 Å². The van der Waals surface area contributed by atoms with E-state index >= 15 is 0 Å². The van der Waals surface area contributed by atoms with Crippen LogP contribution in [0, 0.1) is 5.82 Å². The van der Waals surface area contributed by atoms with E-state index in [0.717, 1.165) is 18.7 Å². The van der Waals surface area contributed by atoms with Crippen LogP contribution in [0.4, 0.5) is 17.6 Å². The average molecular weight is 304 g/mol. The van der Waals surface area contributed by atoms with E-state index in [1.807, 2.05) is 6.92 Å². The van der Waals surface area contributed by atoms with Crippen molar-refractivity contribution in [3.63, 3.8) is 0 Å². The summed E-state index contributed by atoms with van der Waals surface area (Å²) in [5, 5.41) is 2.60. The number of likely N-dealkylation sites (N-methyl/N-ethyl adjacent to an activating group) is 1. The summed E-state index contributed by atoms with van der Waals surface area (Å²) in [4.78, 5) is 2.13. The second kappa shape index (κ2) is 6.75. The van der Waals surface area contributed by atoms with Gasteiger partial charge in [-0.15, -0.1) is 0 Å². The van der Waals surface area contributed by atoms with E-state index in [0.29, 0.717) is 13.0 Å². The van der Waals surface area contributed by atoms with E-state index < -0.39 is 12.7 Å². The van der Waals surface area contributed by atoms with Crippen molar-refractivity contribution in [1.82, 2.24) is 10.2 Å². The molecule has 1 saturated heterocycles. The Kier molecular flexibility index (Phi) is 5.22. The molecular formula is C15H20F4N2. The Morgan fingerprint density at radius 1 is 1.19 bits per heavy atom. The smallest absolute Gasteiger partial charge is 0.305 e. The second-order valence-corrected chi connectivity index (χ2v) is 5.53. The van der Waals surface area contributed by atoms with E-state index in [1.54, 1.807) is 12.1 Å². The van der Waals surface area contributed by atoms with Crippen molar-refractivity contribution in [3.8, 4) is 0 Å². The molecule has 2 unspecified atom stereocenters. The zero-order chi connectivity index (χ0) is 15.5. The molecule has 1 aromatic rings. The highest BCUT2D eigenvalue weighted by atomic mass is 19.4. The Morgan fingerprint density at radius 3 is 2.43 bits per heavy atom. The minimum atomic E-state index is -4.19. The fourth-order valence-corrected chi connectivity index (χ4v) is 2.83. The zero-order valence-corrected chi connectivity index (χ0v) is 12.0. The van der Waals surface area contributed by atoms with Crippen molar-refractivity contribution in [2.45, 2.75) is 31.5 Å². The third-order valence-electron chi connectivity index (χ3n) is 3.91. The van der Waals surface area contributed by atoms with Gasteiger partial charge in [0.05, 0.1) is 6.54 Å². The molecule has 1 aliphatic heterocycles. The fourth-order valence-electron chi connectivity index (χ4n) is 2.83. The first-order valence-electron chi connectivity index (χ1n) is 7.15. The van der Waals surface area contributed by atoms with E-state index in [1.165, 1.54) is 12.1 Å². The molecule has 1 fully saturated rings. The first-order valence-corrected chi connectivity index (χ1v) is 7.15. The van der Waals surface area contributed by atoms with Gasteiger partial charge >= 0.3 is 6.18 Å². The van der Waals surface area contributed by atoms with Gasteiger partial charge in [-0.2, -0.15) is 13.2 Å². The van der Waals surface area contributed by atoms with Crippen molar-refractivity contribution < 1.29 is 17.6 Å². The molecule has 118 valence electrons. The molecule has 0 spiro atoms. The molecule has 1 aliphatic rings. The van der Waals surface area contributed by atoms with Crippen LogP contribution in [0.15, 0.2) is 24.3 Å². The molecule has 1 N–H and O–H groups in total. The predicted octanol–water partition coefficient (Wildman–Crippen LogP) is 3.16. The van der Waals surface area contributed by atoms with Crippen LogP contribution in [0.3, 0.4) is 0 Å². The van der Waals surface area contributed by atoms with Crippen LogP contribution in [0.25, 0.3) is 0 Å². The van der Waals surface area contributed by atoms with Crippen molar-refractivity contribution in [3.05, 3.63) is 35.6 Å². The lowest BCUT2D eigenvalue weighted by Gasteiger charge is -2.38. The van der Waals surface area contributed by atoms with Crippen LogP contribution in [0.5, 0.6) is 0 Å². The molecule has 0 bridgehead atoms. The number of hydrogen-bond acceptors (Lipinski definition) is 2. The highest BCUT2D eigenvalue weighted by molar-refractivity contribution is 5.22. The summed E-state index contributed by atoms with van der Waals surface area (Å²) in [6.45, 7) is 3.23. The van der Waals surface area contributed by atoms with Gasteiger partial charge in [-0.25, -0.2) is 4.39 Å². The van der Waals surface area contributed by atoms with E-state index in [2.05, 4.69) is 10.2 Å². The third-order valence-corrected chi connectivity index (χ3v) is 3.91. The third kappa shape index (κ3) is 4.97. The number of piperidine rings is 1. The molecule has 2 nitrogen and oxygen atoms in total. The van der Waals surface area contributed by atoms with E-state index in [4.69, 9.17) is 0 Å². The quantitative estimate of drug-likeness (QED) is 0.860. The topological polar surface area (TPSA) is 15.3 Å². The molecule has 2 rings (SSSR count). The van der Waals surface area contributed by atoms with Gasteiger partial charge < -0.3 is 10.2 Å². The highest BCUT2D eigenvalue weighted by Crippen LogP contribution is 2.27. The van der Waals surface area contributed by atoms with Crippen LogP contribution >= 0.6 is 0 Å². The molecule has 2 atom stereocenters. The largest absolute Gasteiger partial charge is 0.401 e. The minimum absolute atomic E-state index is 0.130. The summed E-state index contributed by atoms with van der Waals surface area (Å²) < 4.78 is 50.0. The van der Waals surface area contributed by atoms with Crippen molar-refractivity contribution in [2.24, 2.45) is 0 Å². The Balaban J connectivity index is 2.02. The predicted molar refractivity (Wildman–Crippen MR) is 73.7 cm³/mol. The van der Waals surface area contributed by atoms with Gasteiger partial charge in [0.1, 0.15) is 5.82 Å². The van der Waals surface area contributed by atoms with Gasteiger partial charge in [-0.3, -0.25) is 0 Å². The maximum absolute atomic E-state index is 13.0. The normalized spacial score (nSPS) is 24.2. The molecule has 0 radical (unpaired) electrons. The minimum Gasteiger partial charge on any atom is -0.305 e. The second-order valence-electron chi connectivity index (χ2n) is 5.53. The summed E-state index contributed by atoms with van der Waals surface area (Å²) in [6.07, 6.45) is -3.56. The summed E-state index contributed by atoms with van der Waals surface area (Å²) in [7, 11) is 0. The Hall–Kier alpha value is -1.14. The van der Waals surface area contributed by atoms with Crippen molar-refractivity contribution >= 4 is 0 Å². The molecule has 0 saturated carbocycles. The maximum atomic E-state index is 13.0. The lowest BCUT2D eigenvalue weighted by atomic mass is 9.88. The zero-order valence-electron chi connectivity index (χ0n) is 12.0. The molecule has 1 heterocycles. The first kappa shape index (κ1) is 16.2. The number of rotatable bonds is 4. The Bertz CT molecular complexity index is 444. The summed E-state index contributed by atoms with van der Waals surface area (Å²) in [5.74, 6) is -0.168. The van der Waals surface area contributed by atoms with Gasteiger partial charge in [0.25, 0.3) is 0 Å².